The molecule has 2 fully saturated rings. The minimum Gasteiger partial charge on any atom is -0.507 e. The first kappa shape index (κ1) is 20.3. The van der Waals surface area contributed by atoms with E-state index in [-0.39, 0.29) is 36.6 Å². The fraction of sp³-hybridized carbons (Fsp3) is 0.375. The van der Waals surface area contributed by atoms with Crippen molar-refractivity contribution < 1.29 is 18.6 Å². The molecule has 0 spiro atoms. The van der Waals surface area contributed by atoms with Crippen LogP contribution >= 0.6 is 0 Å². The van der Waals surface area contributed by atoms with Crippen LogP contribution in [0.4, 0.5) is 8.78 Å². The van der Waals surface area contributed by atoms with Gasteiger partial charge in [-0.2, -0.15) is 5.10 Å². The summed E-state index contributed by atoms with van der Waals surface area (Å²) in [5.41, 5.74) is 3.46. The number of fused-ring (bicyclic) bond motifs is 3. The number of piperidine rings is 2. The largest absolute Gasteiger partial charge is 0.507 e. The number of hydrogen-bond donors (Lipinski definition) is 2. The van der Waals surface area contributed by atoms with E-state index in [0.29, 0.717) is 42.1 Å². The van der Waals surface area contributed by atoms with Crippen LogP contribution in [-0.2, 0) is 0 Å². The molecule has 2 N–H and O–H groups in total. The summed E-state index contributed by atoms with van der Waals surface area (Å²) in [5, 5.41) is 26.9. The Morgan fingerprint density at radius 1 is 1.12 bits per heavy atom. The fourth-order valence-electron chi connectivity index (χ4n) is 5.39. The number of halogens is 2. The van der Waals surface area contributed by atoms with Crippen LogP contribution in [0.15, 0.2) is 48.8 Å². The van der Waals surface area contributed by atoms with Crippen molar-refractivity contribution in [1.82, 2.24) is 25.3 Å². The molecule has 3 atom stereocenters. The number of alkyl halides is 2. The van der Waals surface area contributed by atoms with Gasteiger partial charge in [0.05, 0.1) is 5.69 Å². The van der Waals surface area contributed by atoms with E-state index in [1.165, 1.54) is 0 Å². The summed E-state index contributed by atoms with van der Waals surface area (Å²) in [6, 6.07) is 8.45. The molecule has 9 heteroatoms. The van der Waals surface area contributed by atoms with Crippen molar-refractivity contribution in [3.8, 4) is 28.4 Å². The molecule has 7 nitrogen and oxygen atoms in total. The normalized spacial score (nSPS) is 25.6. The van der Waals surface area contributed by atoms with Gasteiger partial charge >= 0.3 is 0 Å². The minimum absolute atomic E-state index is 0.0657. The summed E-state index contributed by atoms with van der Waals surface area (Å²) >= 11 is 0. The van der Waals surface area contributed by atoms with Crippen molar-refractivity contribution in [3.05, 3.63) is 54.5 Å². The zero-order valence-electron chi connectivity index (χ0n) is 17.8. The van der Waals surface area contributed by atoms with Crippen LogP contribution in [-0.4, -0.2) is 49.7 Å². The van der Waals surface area contributed by atoms with E-state index in [0.717, 1.165) is 11.3 Å². The van der Waals surface area contributed by atoms with Crippen molar-refractivity contribution in [3.63, 3.8) is 0 Å². The second-order valence-corrected chi connectivity index (χ2v) is 9.06. The van der Waals surface area contributed by atoms with Crippen molar-refractivity contribution >= 4 is 5.57 Å². The van der Waals surface area contributed by atoms with Gasteiger partial charge in [-0.25, -0.2) is 13.5 Å². The highest BCUT2D eigenvalue weighted by molar-refractivity contribution is 5.75. The lowest BCUT2D eigenvalue weighted by Gasteiger charge is -2.44. The maximum Gasteiger partial charge on any atom is 0.251 e. The number of nitrogens with one attached hydrogen (secondary N) is 1. The number of allylic oxidation sites excluding steroid dienone is 1. The van der Waals surface area contributed by atoms with E-state index in [1.807, 2.05) is 18.2 Å². The summed E-state index contributed by atoms with van der Waals surface area (Å²) in [6.45, 7) is 0.396. The second-order valence-electron chi connectivity index (χ2n) is 9.06. The number of hydrogen-bond acceptors (Lipinski definition) is 6. The van der Waals surface area contributed by atoms with Crippen LogP contribution in [0, 0.1) is 5.92 Å². The van der Waals surface area contributed by atoms with Gasteiger partial charge in [-0.05, 0) is 48.6 Å². The zero-order chi connectivity index (χ0) is 22.6. The number of aromatic hydroxyl groups is 1. The predicted molar refractivity (Wildman–Crippen MR) is 117 cm³/mol. The highest BCUT2D eigenvalue weighted by atomic mass is 19.3. The molecule has 2 saturated heterocycles. The third-order valence-corrected chi connectivity index (χ3v) is 6.74. The SMILES string of the molecule is Oc1cc(-n2cccn2)ccc1-c1cc2c(nn1)C(C1CC3CC(F)(F)C[C@H](C1)N3)=CCO2. The molecular formula is C24H23F2N5O2. The van der Waals surface area contributed by atoms with E-state index < -0.39 is 5.92 Å². The average Bonchev–Trinajstić information content (AvgIpc) is 3.32. The first-order chi connectivity index (χ1) is 15.9. The fourth-order valence-corrected chi connectivity index (χ4v) is 5.39. The predicted octanol–water partition coefficient (Wildman–Crippen LogP) is 3.98. The first-order valence-electron chi connectivity index (χ1n) is 11.1. The van der Waals surface area contributed by atoms with Crippen LogP contribution in [0.5, 0.6) is 11.5 Å². The zero-order valence-corrected chi connectivity index (χ0v) is 17.8. The molecule has 0 amide bonds. The summed E-state index contributed by atoms with van der Waals surface area (Å²) in [5.74, 6) is -1.78. The maximum atomic E-state index is 14.0. The molecule has 1 aromatic carbocycles. The number of benzene rings is 1. The van der Waals surface area contributed by atoms with E-state index in [2.05, 4.69) is 20.6 Å². The Labute approximate surface area is 189 Å². The second kappa shape index (κ2) is 7.62. The highest BCUT2D eigenvalue weighted by Gasteiger charge is 2.46. The molecular weight excluding hydrogens is 428 g/mol. The number of phenols is 1. The van der Waals surface area contributed by atoms with Gasteiger partial charge in [-0.15, -0.1) is 10.2 Å². The molecule has 3 aromatic rings. The quantitative estimate of drug-likeness (QED) is 0.627. The Morgan fingerprint density at radius 3 is 2.67 bits per heavy atom. The Balaban J connectivity index is 1.27. The van der Waals surface area contributed by atoms with E-state index in [4.69, 9.17) is 4.74 Å². The molecule has 5 heterocycles. The molecule has 3 aliphatic rings. The third-order valence-electron chi connectivity index (χ3n) is 6.74. The molecule has 0 aliphatic carbocycles. The summed E-state index contributed by atoms with van der Waals surface area (Å²) in [6.07, 6.45) is 6.53. The van der Waals surface area contributed by atoms with Gasteiger partial charge in [-0.1, -0.05) is 0 Å². The lowest BCUT2D eigenvalue weighted by atomic mass is 9.74. The number of ether oxygens (including phenoxy) is 1. The van der Waals surface area contributed by atoms with Crippen molar-refractivity contribution in [1.29, 1.82) is 0 Å². The average molecular weight is 451 g/mol. The summed E-state index contributed by atoms with van der Waals surface area (Å²) in [4.78, 5) is 0. The Kier molecular flexibility index (Phi) is 4.69. The maximum absolute atomic E-state index is 14.0. The number of aromatic nitrogens is 4. The molecule has 2 unspecified atom stereocenters. The molecule has 2 bridgehead atoms. The van der Waals surface area contributed by atoms with Gasteiger partial charge in [0, 0.05) is 55.0 Å². The van der Waals surface area contributed by atoms with Gasteiger partial charge in [0.25, 0.3) is 5.92 Å². The number of nitrogens with zero attached hydrogens (tertiary/aromatic N) is 4. The molecule has 33 heavy (non-hydrogen) atoms. The highest BCUT2D eigenvalue weighted by Crippen LogP contribution is 2.45. The summed E-state index contributed by atoms with van der Waals surface area (Å²) < 4.78 is 35.4. The Bertz CT molecular complexity index is 1210. The number of rotatable bonds is 3. The monoisotopic (exact) mass is 451 g/mol. The van der Waals surface area contributed by atoms with E-state index in [1.54, 1.807) is 35.3 Å². The van der Waals surface area contributed by atoms with Crippen LogP contribution in [0.25, 0.3) is 22.5 Å². The minimum atomic E-state index is -2.59. The van der Waals surface area contributed by atoms with Crippen LogP contribution < -0.4 is 10.1 Å². The standard InChI is InChI=1S/C24H23F2N5O2/c25-24(26)12-15-8-14(9-16(13-24)28-15)18-4-7-33-22-11-20(29-30-23(18)22)19-3-2-17(10-21(19)32)31-6-1-5-27-31/h1-6,10-11,14-16,28,32H,7-9,12-13H2/t14?,15-,16?/m0/s1. The van der Waals surface area contributed by atoms with Gasteiger partial charge in [0.15, 0.2) is 0 Å². The van der Waals surface area contributed by atoms with Crippen molar-refractivity contribution in [2.24, 2.45) is 5.92 Å². The lowest BCUT2D eigenvalue weighted by molar-refractivity contribution is -0.0683. The molecule has 0 saturated carbocycles. The Morgan fingerprint density at radius 2 is 1.94 bits per heavy atom. The van der Waals surface area contributed by atoms with Crippen LogP contribution in [0.2, 0.25) is 0 Å². The Hall–Kier alpha value is -3.33. The third kappa shape index (κ3) is 3.76. The molecule has 2 aromatic heterocycles. The van der Waals surface area contributed by atoms with Gasteiger partial charge < -0.3 is 15.2 Å². The van der Waals surface area contributed by atoms with Crippen molar-refractivity contribution in [2.75, 3.05) is 6.61 Å². The molecule has 3 aliphatic heterocycles. The molecule has 0 radical (unpaired) electrons. The van der Waals surface area contributed by atoms with Crippen LogP contribution in [0.3, 0.4) is 0 Å². The van der Waals surface area contributed by atoms with Gasteiger partial charge in [-0.3, -0.25) is 0 Å². The van der Waals surface area contributed by atoms with Crippen LogP contribution in [0.1, 0.15) is 31.4 Å². The van der Waals surface area contributed by atoms with E-state index >= 15 is 0 Å². The lowest BCUT2D eigenvalue weighted by Crippen LogP contribution is -2.54. The van der Waals surface area contributed by atoms with Gasteiger partial charge in [0.1, 0.15) is 29.5 Å². The van der Waals surface area contributed by atoms with Crippen molar-refractivity contribution in [2.45, 2.75) is 43.7 Å². The van der Waals surface area contributed by atoms with Gasteiger partial charge in [0.2, 0.25) is 0 Å². The molecule has 6 rings (SSSR count). The first-order valence-corrected chi connectivity index (χ1v) is 11.1. The van der Waals surface area contributed by atoms with E-state index in [9.17, 15) is 13.9 Å². The molecule has 170 valence electrons. The topological polar surface area (TPSA) is 85.1 Å². The summed E-state index contributed by atoms with van der Waals surface area (Å²) in [7, 11) is 0. The number of phenolic OH excluding ortho intramolecular Hbond substituents is 1. The smallest absolute Gasteiger partial charge is 0.251 e.